The quantitative estimate of drug-likeness (QED) is 0.810. The van der Waals surface area contributed by atoms with E-state index >= 15 is 0 Å². The molecule has 2 rings (SSSR count). The van der Waals surface area contributed by atoms with Gasteiger partial charge in [0.2, 0.25) is 0 Å². The second-order valence-corrected chi connectivity index (χ2v) is 5.82. The molecule has 0 bridgehead atoms. The van der Waals surface area contributed by atoms with E-state index in [4.69, 9.17) is 9.47 Å². The zero-order valence-electron chi connectivity index (χ0n) is 15.0. The van der Waals surface area contributed by atoms with E-state index in [-0.39, 0.29) is 5.91 Å². The van der Waals surface area contributed by atoms with Gasteiger partial charge in [-0.1, -0.05) is 18.2 Å². The van der Waals surface area contributed by atoms with Crippen LogP contribution in [-0.4, -0.2) is 24.6 Å². The lowest BCUT2D eigenvalue weighted by molar-refractivity contribution is -0.122. The number of carbonyl (C=O) groups excluding carboxylic acids is 2. The first-order chi connectivity index (χ1) is 11.9. The van der Waals surface area contributed by atoms with E-state index in [1.807, 2.05) is 32.0 Å². The zero-order valence-corrected chi connectivity index (χ0v) is 15.0. The van der Waals surface area contributed by atoms with Gasteiger partial charge < -0.3 is 14.8 Å². The van der Waals surface area contributed by atoms with Gasteiger partial charge in [-0.15, -0.1) is 0 Å². The summed E-state index contributed by atoms with van der Waals surface area (Å²) in [5, 5.41) is 2.76. The summed E-state index contributed by atoms with van der Waals surface area (Å²) in [6.45, 7) is 7.64. The van der Waals surface area contributed by atoms with Gasteiger partial charge in [0.05, 0.1) is 12.2 Å². The third kappa shape index (κ3) is 5.08. The van der Waals surface area contributed by atoms with Gasteiger partial charge in [0, 0.05) is 5.69 Å². The van der Waals surface area contributed by atoms with Crippen LogP contribution in [0.3, 0.4) is 0 Å². The molecule has 2 aromatic carbocycles. The molecule has 25 heavy (non-hydrogen) atoms. The van der Waals surface area contributed by atoms with E-state index in [0.29, 0.717) is 23.6 Å². The van der Waals surface area contributed by atoms with Gasteiger partial charge in [-0.3, -0.25) is 4.79 Å². The average molecular weight is 341 g/mol. The standard InChI is InChI=1S/C20H23NO4/c1-5-24-20(23)16-7-6-8-17(12-16)21-19(22)15(4)25-18-11-13(2)9-10-14(18)3/h6-12,15H,5H2,1-4H3,(H,21,22)/t15-/m0/s1. The van der Waals surface area contributed by atoms with Crippen LogP contribution in [0.15, 0.2) is 42.5 Å². The lowest BCUT2D eigenvalue weighted by atomic mass is 10.1. The first-order valence-electron chi connectivity index (χ1n) is 8.22. The summed E-state index contributed by atoms with van der Waals surface area (Å²) in [6, 6.07) is 12.5. The SMILES string of the molecule is CCOC(=O)c1cccc(NC(=O)[C@H](C)Oc2cc(C)ccc2C)c1. The van der Waals surface area contributed by atoms with Crippen molar-refractivity contribution in [1.29, 1.82) is 0 Å². The molecule has 1 atom stereocenters. The van der Waals surface area contributed by atoms with Gasteiger partial charge in [-0.2, -0.15) is 0 Å². The molecule has 0 aliphatic rings. The van der Waals surface area contributed by atoms with Crippen molar-refractivity contribution in [2.45, 2.75) is 33.8 Å². The van der Waals surface area contributed by atoms with Crippen molar-refractivity contribution in [1.82, 2.24) is 0 Å². The summed E-state index contributed by atoms with van der Waals surface area (Å²) in [4.78, 5) is 24.1. The van der Waals surface area contributed by atoms with Gasteiger partial charge in [0.25, 0.3) is 5.91 Å². The molecule has 5 nitrogen and oxygen atoms in total. The highest BCUT2D eigenvalue weighted by molar-refractivity contribution is 5.96. The van der Waals surface area contributed by atoms with Crippen LogP contribution >= 0.6 is 0 Å². The largest absolute Gasteiger partial charge is 0.481 e. The van der Waals surface area contributed by atoms with Crippen LogP contribution in [0, 0.1) is 13.8 Å². The lowest BCUT2D eigenvalue weighted by Gasteiger charge is -2.17. The number of amides is 1. The molecule has 0 spiro atoms. The Balaban J connectivity index is 2.05. The molecule has 0 heterocycles. The Bertz CT molecular complexity index is 770. The van der Waals surface area contributed by atoms with Crippen molar-refractivity contribution < 1.29 is 19.1 Å². The number of anilines is 1. The predicted octanol–water partition coefficient (Wildman–Crippen LogP) is 3.89. The molecule has 5 heteroatoms. The second kappa shape index (κ2) is 8.33. The normalized spacial score (nSPS) is 11.5. The Morgan fingerprint density at radius 1 is 1.12 bits per heavy atom. The molecule has 132 valence electrons. The smallest absolute Gasteiger partial charge is 0.338 e. The van der Waals surface area contributed by atoms with E-state index in [1.54, 1.807) is 38.1 Å². The first kappa shape index (κ1) is 18.5. The highest BCUT2D eigenvalue weighted by atomic mass is 16.5. The molecular formula is C20H23NO4. The highest BCUT2D eigenvalue weighted by Crippen LogP contribution is 2.21. The third-order valence-corrected chi connectivity index (χ3v) is 3.66. The Labute approximate surface area is 148 Å². The van der Waals surface area contributed by atoms with Crippen molar-refractivity contribution in [3.63, 3.8) is 0 Å². The maximum absolute atomic E-state index is 12.4. The molecular weight excluding hydrogens is 318 g/mol. The van der Waals surface area contributed by atoms with Gasteiger partial charge in [-0.05, 0) is 63.1 Å². The van der Waals surface area contributed by atoms with Crippen molar-refractivity contribution in [3.8, 4) is 5.75 Å². The van der Waals surface area contributed by atoms with Crippen LogP contribution in [-0.2, 0) is 9.53 Å². The van der Waals surface area contributed by atoms with Gasteiger partial charge in [-0.25, -0.2) is 4.79 Å². The van der Waals surface area contributed by atoms with Crippen molar-refractivity contribution >= 4 is 17.6 Å². The minimum atomic E-state index is -0.674. The van der Waals surface area contributed by atoms with Crippen LogP contribution in [0.2, 0.25) is 0 Å². The summed E-state index contributed by atoms with van der Waals surface area (Å²) in [7, 11) is 0. The van der Waals surface area contributed by atoms with Crippen LogP contribution in [0.5, 0.6) is 5.75 Å². The highest BCUT2D eigenvalue weighted by Gasteiger charge is 2.17. The van der Waals surface area contributed by atoms with Crippen LogP contribution in [0.25, 0.3) is 0 Å². The van der Waals surface area contributed by atoms with E-state index in [9.17, 15) is 9.59 Å². The number of carbonyl (C=O) groups is 2. The Hall–Kier alpha value is -2.82. The van der Waals surface area contributed by atoms with E-state index in [2.05, 4.69) is 5.32 Å². The van der Waals surface area contributed by atoms with Gasteiger partial charge in [0.1, 0.15) is 5.75 Å². The van der Waals surface area contributed by atoms with Crippen molar-refractivity contribution in [3.05, 3.63) is 59.2 Å². The number of hydrogen-bond donors (Lipinski definition) is 1. The number of benzene rings is 2. The molecule has 0 saturated heterocycles. The van der Waals surface area contributed by atoms with Gasteiger partial charge >= 0.3 is 5.97 Å². The maximum atomic E-state index is 12.4. The fourth-order valence-corrected chi connectivity index (χ4v) is 2.26. The fraction of sp³-hybridized carbons (Fsp3) is 0.300. The summed E-state index contributed by atoms with van der Waals surface area (Å²) in [5.74, 6) is -0.0249. The summed E-state index contributed by atoms with van der Waals surface area (Å²) in [5.41, 5.74) is 2.94. The minimum absolute atomic E-state index is 0.290. The fourth-order valence-electron chi connectivity index (χ4n) is 2.26. The Kier molecular flexibility index (Phi) is 6.17. The molecule has 0 aliphatic heterocycles. The number of aryl methyl sites for hydroxylation is 2. The molecule has 0 fully saturated rings. The number of rotatable bonds is 6. The first-order valence-corrected chi connectivity index (χ1v) is 8.22. The van der Waals surface area contributed by atoms with E-state index in [1.165, 1.54) is 0 Å². The number of nitrogens with one attached hydrogen (secondary N) is 1. The lowest BCUT2D eigenvalue weighted by Crippen LogP contribution is -2.30. The molecule has 0 radical (unpaired) electrons. The predicted molar refractivity (Wildman–Crippen MR) is 97.0 cm³/mol. The average Bonchev–Trinajstić information content (AvgIpc) is 2.58. The van der Waals surface area contributed by atoms with Crippen LogP contribution in [0.4, 0.5) is 5.69 Å². The molecule has 0 aliphatic carbocycles. The minimum Gasteiger partial charge on any atom is -0.481 e. The van der Waals surface area contributed by atoms with Gasteiger partial charge in [0.15, 0.2) is 6.10 Å². The Morgan fingerprint density at radius 3 is 2.60 bits per heavy atom. The summed E-state index contributed by atoms with van der Waals surface area (Å²) in [6.07, 6.45) is -0.674. The summed E-state index contributed by atoms with van der Waals surface area (Å²) >= 11 is 0. The molecule has 1 N–H and O–H groups in total. The number of ether oxygens (including phenoxy) is 2. The van der Waals surface area contributed by atoms with Crippen molar-refractivity contribution in [2.24, 2.45) is 0 Å². The number of hydrogen-bond acceptors (Lipinski definition) is 4. The Morgan fingerprint density at radius 2 is 1.88 bits per heavy atom. The molecule has 0 unspecified atom stereocenters. The molecule has 0 aromatic heterocycles. The second-order valence-electron chi connectivity index (χ2n) is 5.82. The summed E-state index contributed by atoms with van der Waals surface area (Å²) < 4.78 is 10.7. The number of esters is 1. The van der Waals surface area contributed by atoms with Crippen LogP contribution in [0.1, 0.15) is 35.3 Å². The zero-order chi connectivity index (χ0) is 18.4. The van der Waals surface area contributed by atoms with Crippen LogP contribution < -0.4 is 10.1 Å². The maximum Gasteiger partial charge on any atom is 0.338 e. The van der Waals surface area contributed by atoms with E-state index in [0.717, 1.165) is 11.1 Å². The topological polar surface area (TPSA) is 64.6 Å². The monoisotopic (exact) mass is 341 g/mol. The molecule has 2 aromatic rings. The molecule has 1 amide bonds. The molecule has 0 saturated carbocycles. The third-order valence-electron chi connectivity index (χ3n) is 3.66. The van der Waals surface area contributed by atoms with Crippen molar-refractivity contribution in [2.75, 3.05) is 11.9 Å². The van der Waals surface area contributed by atoms with E-state index < -0.39 is 12.1 Å².